The van der Waals surface area contributed by atoms with Gasteiger partial charge in [-0.2, -0.15) is 0 Å². The molecule has 0 saturated heterocycles. The zero-order valence-electron chi connectivity index (χ0n) is 8.29. The predicted octanol–water partition coefficient (Wildman–Crippen LogP) is 1.34. The number of nitrogens with two attached hydrogens (primary N) is 2. The Balaban J connectivity index is 2.51. The lowest BCUT2D eigenvalue weighted by molar-refractivity contribution is 0.158. The van der Waals surface area contributed by atoms with Crippen molar-refractivity contribution in [3.8, 4) is 0 Å². The van der Waals surface area contributed by atoms with E-state index in [9.17, 15) is 0 Å². The molecule has 0 spiro atoms. The fourth-order valence-corrected chi connectivity index (χ4v) is 2.40. The molecule has 0 aromatic rings. The van der Waals surface area contributed by atoms with Crippen LogP contribution in [0.4, 0.5) is 0 Å². The molecule has 1 aliphatic carbocycles. The average molecular weight is 170 g/mol. The van der Waals surface area contributed by atoms with Crippen LogP contribution < -0.4 is 11.5 Å². The second-order valence-electron chi connectivity index (χ2n) is 4.33. The number of rotatable bonds is 2. The topological polar surface area (TPSA) is 52.0 Å². The van der Waals surface area contributed by atoms with Gasteiger partial charge in [-0.25, -0.2) is 0 Å². The standard InChI is InChI=1S/C10H22N2/c1-7-4-3-5-9(8(7)2)10(12)6-11/h7-10H,3-6,11-12H2,1-2H3. The zero-order chi connectivity index (χ0) is 9.14. The third kappa shape index (κ3) is 1.99. The number of hydrogen-bond acceptors (Lipinski definition) is 2. The molecule has 0 bridgehead atoms. The van der Waals surface area contributed by atoms with Gasteiger partial charge in [-0.15, -0.1) is 0 Å². The lowest BCUT2D eigenvalue weighted by Gasteiger charge is -2.37. The van der Waals surface area contributed by atoms with Crippen molar-refractivity contribution in [2.24, 2.45) is 29.2 Å². The Morgan fingerprint density at radius 1 is 1.33 bits per heavy atom. The van der Waals surface area contributed by atoms with Crippen LogP contribution in [-0.2, 0) is 0 Å². The minimum absolute atomic E-state index is 0.225. The normalized spacial score (nSPS) is 39.5. The molecule has 72 valence electrons. The molecule has 1 fully saturated rings. The predicted molar refractivity (Wildman–Crippen MR) is 52.7 cm³/mol. The van der Waals surface area contributed by atoms with Crippen molar-refractivity contribution < 1.29 is 0 Å². The summed E-state index contributed by atoms with van der Waals surface area (Å²) in [7, 11) is 0. The van der Waals surface area contributed by atoms with Gasteiger partial charge >= 0.3 is 0 Å². The average Bonchev–Trinajstić information content (AvgIpc) is 2.08. The molecule has 0 aromatic carbocycles. The quantitative estimate of drug-likeness (QED) is 0.657. The van der Waals surface area contributed by atoms with Crippen molar-refractivity contribution in [2.75, 3.05) is 6.54 Å². The summed E-state index contributed by atoms with van der Waals surface area (Å²) in [4.78, 5) is 0. The fraction of sp³-hybridized carbons (Fsp3) is 1.00. The first kappa shape index (κ1) is 10.0. The molecule has 0 amide bonds. The molecule has 4 unspecified atom stereocenters. The van der Waals surface area contributed by atoms with Gasteiger partial charge in [0, 0.05) is 12.6 Å². The molecule has 0 radical (unpaired) electrons. The number of hydrogen-bond donors (Lipinski definition) is 2. The molecule has 1 rings (SSSR count). The molecule has 0 heterocycles. The van der Waals surface area contributed by atoms with Crippen LogP contribution in [0, 0.1) is 17.8 Å². The molecule has 0 aliphatic heterocycles. The molecule has 4 N–H and O–H groups in total. The highest BCUT2D eigenvalue weighted by Gasteiger charge is 2.30. The van der Waals surface area contributed by atoms with E-state index in [0.717, 1.165) is 11.8 Å². The van der Waals surface area contributed by atoms with Crippen LogP contribution in [0.2, 0.25) is 0 Å². The maximum atomic E-state index is 5.98. The summed E-state index contributed by atoms with van der Waals surface area (Å²) in [6.07, 6.45) is 3.99. The summed E-state index contributed by atoms with van der Waals surface area (Å²) in [5, 5.41) is 0. The lowest BCUT2D eigenvalue weighted by Crippen LogP contribution is -2.43. The van der Waals surface area contributed by atoms with Gasteiger partial charge in [-0.05, 0) is 24.2 Å². The van der Waals surface area contributed by atoms with Crippen molar-refractivity contribution >= 4 is 0 Å². The first-order chi connectivity index (χ1) is 5.66. The third-order valence-electron chi connectivity index (χ3n) is 3.59. The van der Waals surface area contributed by atoms with Gasteiger partial charge in [-0.1, -0.05) is 26.7 Å². The Morgan fingerprint density at radius 2 is 2.00 bits per heavy atom. The van der Waals surface area contributed by atoms with Crippen LogP contribution >= 0.6 is 0 Å². The van der Waals surface area contributed by atoms with Crippen molar-refractivity contribution in [2.45, 2.75) is 39.2 Å². The first-order valence-electron chi connectivity index (χ1n) is 5.12. The van der Waals surface area contributed by atoms with E-state index < -0.39 is 0 Å². The van der Waals surface area contributed by atoms with E-state index in [0.29, 0.717) is 12.5 Å². The lowest BCUT2D eigenvalue weighted by atomic mass is 9.71. The summed E-state index contributed by atoms with van der Waals surface area (Å²) in [5.41, 5.74) is 11.6. The summed E-state index contributed by atoms with van der Waals surface area (Å²) >= 11 is 0. The summed E-state index contributed by atoms with van der Waals surface area (Å²) < 4.78 is 0. The maximum Gasteiger partial charge on any atom is 0.0194 e. The fourth-order valence-electron chi connectivity index (χ4n) is 2.40. The van der Waals surface area contributed by atoms with Gasteiger partial charge in [0.2, 0.25) is 0 Å². The highest BCUT2D eigenvalue weighted by Crippen LogP contribution is 2.35. The Morgan fingerprint density at radius 3 is 2.58 bits per heavy atom. The van der Waals surface area contributed by atoms with Crippen molar-refractivity contribution in [3.63, 3.8) is 0 Å². The smallest absolute Gasteiger partial charge is 0.0194 e. The van der Waals surface area contributed by atoms with Crippen molar-refractivity contribution in [1.82, 2.24) is 0 Å². The van der Waals surface area contributed by atoms with E-state index in [2.05, 4.69) is 13.8 Å². The van der Waals surface area contributed by atoms with Crippen LogP contribution in [0.5, 0.6) is 0 Å². The third-order valence-corrected chi connectivity index (χ3v) is 3.59. The Kier molecular flexibility index (Phi) is 3.53. The molecule has 2 heteroatoms. The van der Waals surface area contributed by atoms with Crippen molar-refractivity contribution in [1.29, 1.82) is 0 Å². The molecule has 0 aromatic heterocycles. The molecular formula is C10H22N2. The van der Waals surface area contributed by atoms with E-state index in [1.807, 2.05) is 0 Å². The zero-order valence-corrected chi connectivity index (χ0v) is 8.29. The van der Waals surface area contributed by atoms with E-state index in [1.165, 1.54) is 19.3 Å². The maximum absolute atomic E-state index is 5.98. The molecular weight excluding hydrogens is 148 g/mol. The van der Waals surface area contributed by atoms with Crippen molar-refractivity contribution in [3.05, 3.63) is 0 Å². The largest absolute Gasteiger partial charge is 0.329 e. The summed E-state index contributed by atoms with van der Waals surface area (Å²) in [5.74, 6) is 2.26. The van der Waals surface area contributed by atoms with Gasteiger partial charge in [-0.3, -0.25) is 0 Å². The van der Waals surface area contributed by atoms with E-state index in [1.54, 1.807) is 0 Å². The Labute approximate surface area is 75.7 Å². The minimum Gasteiger partial charge on any atom is -0.329 e. The van der Waals surface area contributed by atoms with Crippen LogP contribution in [0.3, 0.4) is 0 Å². The summed E-state index contributed by atoms with van der Waals surface area (Å²) in [6, 6.07) is 0.225. The SMILES string of the molecule is CC1CCCC(C(N)CN)C1C. The van der Waals surface area contributed by atoms with Gasteiger partial charge in [0.25, 0.3) is 0 Å². The van der Waals surface area contributed by atoms with Gasteiger partial charge in [0.05, 0.1) is 0 Å². The monoisotopic (exact) mass is 170 g/mol. The van der Waals surface area contributed by atoms with Crippen LogP contribution in [-0.4, -0.2) is 12.6 Å². The van der Waals surface area contributed by atoms with Crippen LogP contribution in [0.1, 0.15) is 33.1 Å². The highest BCUT2D eigenvalue weighted by atomic mass is 14.7. The van der Waals surface area contributed by atoms with Gasteiger partial charge < -0.3 is 11.5 Å². The molecule has 1 saturated carbocycles. The highest BCUT2D eigenvalue weighted by molar-refractivity contribution is 4.84. The minimum atomic E-state index is 0.225. The van der Waals surface area contributed by atoms with Crippen LogP contribution in [0.25, 0.3) is 0 Å². The molecule has 1 aliphatic rings. The second-order valence-corrected chi connectivity index (χ2v) is 4.33. The molecule has 4 atom stereocenters. The summed E-state index contributed by atoms with van der Waals surface area (Å²) in [6.45, 7) is 5.30. The first-order valence-corrected chi connectivity index (χ1v) is 5.12. The van der Waals surface area contributed by atoms with Crippen LogP contribution in [0.15, 0.2) is 0 Å². The Bertz CT molecular complexity index is 136. The second kappa shape index (κ2) is 4.24. The van der Waals surface area contributed by atoms with Gasteiger partial charge in [0.15, 0.2) is 0 Å². The molecule has 2 nitrogen and oxygen atoms in total. The Hall–Kier alpha value is -0.0800. The van der Waals surface area contributed by atoms with E-state index in [4.69, 9.17) is 11.5 Å². The molecule has 12 heavy (non-hydrogen) atoms. The van der Waals surface area contributed by atoms with E-state index >= 15 is 0 Å². The van der Waals surface area contributed by atoms with Gasteiger partial charge in [0.1, 0.15) is 0 Å². The van der Waals surface area contributed by atoms with E-state index in [-0.39, 0.29) is 6.04 Å².